The molecule has 1 aromatic heterocycles. The third-order valence-electron chi connectivity index (χ3n) is 5.67. The van der Waals surface area contributed by atoms with E-state index < -0.39 is 0 Å². The second kappa shape index (κ2) is 7.57. The zero-order valence-corrected chi connectivity index (χ0v) is 15.4. The number of piperidine rings is 1. The summed E-state index contributed by atoms with van der Waals surface area (Å²) in [6, 6.07) is 2.75. The van der Waals surface area contributed by atoms with Gasteiger partial charge in [0.2, 0.25) is 5.91 Å². The molecule has 1 atom stereocenters. The van der Waals surface area contributed by atoms with Crippen molar-refractivity contribution in [1.82, 2.24) is 20.0 Å². The van der Waals surface area contributed by atoms with Crippen molar-refractivity contribution in [2.24, 2.45) is 11.3 Å². The summed E-state index contributed by atoms with van der Waals surface area (Å²) in [7, 11) is 0. The molecule has 1 N–H and O–H groups in total. The summed E-state index contributed by atoms with van der Waals surface area (Å²) in [5.74, 6) is -0.150. The Hall–Kier alpha value is -2.22. The van der Waals surface area contributed by atoms with Crippen LogP contribution in [0.15, 0.2) is 16.9 Å². The highest BCUT2D eigenvalue weighted by Gasteiger charge is 2.53. The second-order valence-electron chi connectivity index (χ2n) is 7.03. The highest BCUT2D eigenvalue weighted by Crippen LogP contribution is 2.45. The number of carbonyl (C=O) groups is 2. The number of nitrogens with zero attached hydrogens (tertiary/aromatic N) is 3. The first kappa shape index (κ1) is 18.6. The van der Waals surface area contributed by atoms with E-state index in [1.54, 1.807) is 4.90 Å². The molecule has 8 nitrogen and oxygen atoms in total. The summed E-state index contributed by atoms with van der Waals surface area (Å²) in [6.07, 6.45) is 1.53. The maximum atomic E-state index is 12.7. The average molecular weight is 362 g/mol. The van der Waals surface area contributed by atoms with Crippen LogP contribution in [0.1, 0.15) is 37.2 Å². The zero-order valence-electron chi connectivity index (χ0n) is 15.4. The molecule has 1 spiro atoms. The van der Waals surface area contributed by atoms with Gasteiger partial charge in [-0.15, -0.1) is 0 Å². The van der Waals surface area contributed by atoms with Gasteiger partial charge in [-0.1, -0.05) is 0 Å². The van der Waals surface area contributed by atoms with Gasteiger partial charge in [0.1, 0.15) is 5.69 Å². The van der Waals surface area contributed by atoms with E-state index in [-0.39, 0.29) is 34.4 Å². The minimum Gasteiger partial charge on any atom is -0.381 e. The number of amides is 2. The van der Waals surface area contributed by atoms with Crippen LogP contribution >= 0.6 is 0 Å². The number of ether oxygens (including phenoxy) is 1. The van der Waals surface area contributed by atoms with Gasteiger partial charge in [0.25, 0.3) is 11.5 Å². The Kier molecular flexibility index (Phi) is 5.41. The Morgan fingerprint density at radius 1 is 1.31 bits per heavy atom. The predicted octanol–water partition coefficient (Wildman–Crippen LogP) is 0.507. The predicted molar refractivity (Wildman–Crippen MR) is 94.7 cm³/mol. The van der Waals surface area contributed by atoms with Gasteiger partial charge >= 0.3 is 0 Å². The van der Waals surface area contributed by atoms with Crippen molar-refractivity contribution >= 4 is 11.8 Å². The fourth-order valence-corrected chi connectivity index (χ4v) is 4.09. The molecule has 1 unspecified atom stereocenters. The molecule has 2 aliphatic heterocycles. The van der Waals surface area contributed by atoms with E-state index in [1.807, 2.05) is 18.7 Å². The van der Waals surface area contributed by atoms with Crippen LogP contribution in [0.5, 0.6) is 0 Å². The van der Waals surface area contributed by atoms with Crippen molar-refractivity contribution in [3.63, 3.8) is 0 Å². The van der Waals surface area contributed by atoms with Crippen molar-refractivity contribution in [3.05, 3.63) is 28.2 Å². The maximum absolute atomic E-state index is 12.7. The molecule has 3 rings (SSSR count). The lowest BCUT2D eigenvalue weighted by Gasteiger charge is -2.41. The molecular weight excluding hydrogens is 336 g/mol. The average Bonchev–Trinajstić information content (AvgIpc) is 2.92. The van der Waals surface area contributed by atoms with Crippen LogP contribution in [0.4, 0.5) is 0 Å². The third kappa shape index (κ3) is 3.38. The molecule has 142 valence electrons. The SMILES string of the molecule is CCOCC1C(=O)N(CC)CC12CCN(C(=O)c1ccc(=O)[nH]n1)CC2. The summed E-state index contributed by atoms with van der Waals surface area (Å²) < 4.78 is 5.59. The normalized spacial score (nSPS) is 22.2. The molecule has 0 saturated carbocycles. The van der Waals surface area contributed by atoms with Crippen molar-refractivity contribution in [2.75, 3.05) is 39.4 Å². The molecule has 2 fully saturated rings. The number of H-pyrrole nitrogens is 1. The van der Waals surface area contributed by atoms with Gasteiger partial charge in [-0.05, 0) is 32.8 Å². The van der Waals surface area contributed by atoms with E-state index in [9.17, 15) is 14.4 Å². The van der Waals surface area contributed by atoms with Crippen LogP contribution in [-0.4, -0.2) is 71.2 Å². The summed E-state index contributed by atoms with van der Waals surface area (Å²) >= 11 is 0. The minimum atomic E-state index is -0.331. The van der Waals surface area contributed by atoms with Gasteiger partial charge in [-0.2, -0.15) is 5.10 Å². The Labute approximate surface area is 152 Å². The smallest absolute Gasteiger partial charge is 0.274 e. The van der Waals surface area contributed by atoms with Crippen molar-refractivity contribution in [3.8, 4) is 0 Å². The van der Waals surface area contributed by atoms with E-state index in [0.717, 1.165) is 19.4 Å². The van der Waals surface area contributed by atoms with Gasteiger partial charge in [0.15, 0.2) is 0 Å². The maximum Gasteiger partial charge on any atom is 0.274 e. The fraction of sp³-hybridized carbons (Fsp3) is 0.667. The molecule has 0 aromatic carbocycles. The molecule has 0 radical (unpaired) electrons. The summed E-state index contributed by atoms with van der Waals surface area (Å²) in [4.78, 5) is 40.1. The Bertz CT molecular complexity index is 704. The Morgan fingerprint density at radius 2 is 2.04 bits per heavy atom. The first-order valence-electron chi connectivity index (χ1n) is 9.22. The van der Waals surface area contributed by atoms with Crippen LogP contribution in [0, 0.1) is 11.3 Å². The van der Waals surface area contributed by atoms with Crippen LogP contribution < -0.4 is 5.56 Å². The van der Waals surface area contributed by atoms with Crippen LogP contribution in [0.2, 0.25) is 0 Å². The minimum absolute atomic E-state index is 0.128. The highest BCUT2D eigenvalue weighted by molar-refractivity contribution is 5.92. The fourth-order valence-electron chi connectivity index (χ4n) is 4.09. The topological polar surface area (TPSA) is 95.6 Å². The standard InChI is InChI=1S/C18H26N4O4/c1-3-21-12-18(13(16(21)24)11-26-4-2)7-9-22(10-8-18)17(25)14-5-6-15(23)20-19-14/h5-6,13H,3-4,7-12H2,1-2H3,(H,20,23). The van der Waals surface area contributed by atoms with E-state index in [1.165, 1.54) is 12.1 Å². The highest BCUT2D eigenvalue weighted by atomic mass is 16.5. The first-order chi connectivity index (χ1) is 12.5. The van der Waals surface area contributed by atoms with Crippen molar-refractivity contribution in [2.45, 2.75) is 26.7 Å². The van der Waals surface area contributed by atoms with E-state index in [4.69, 9.17) is 4.74 Å². The lowest BCUT2D eigenvalue weighted by molar-refractivity contribution is -0.133. The molecular formula is C18H26N4O4. The lowest BCUT2D eigenvalue weighted by atomic mass is 9.71. The number of aromatic amines is 1. The van der Waals surface area contributed by atoms with E-state index in [0.29, 0.717) is 32.8 Å². The number of carbonyl (C=O) groups excluding carboxylic acids is 2. The van der Waals surface area contributed by atoms with E-state index >= 15 is 0 Å². The molecule has 2 aliphatic rings. The molecule has 0 aliphatic carbocycles. The van der Waals surface area contributed by atoms with Gasteiger partial charge < -0.3 is 14.5 Å². The van der Waals surface area contributed by atoms with Crippen molar-refractivity contribution < 1.29 is 14.3 Å². The van der Waals surface area contributed by atoms with Crippen LogP contribution in [0.3, 0.4) is 0 Å². The molecule has 3 heterocycles. The Balaban J connectivity index is 1.71. The van der Waals surface area contributed by atoms with Crippen molar-refractivity contribution in [1.29, 1.82) is 0 Å². The number of hydrogen-bond acceptors (Lipinski definition) is 5. The lowest BCUT2D eigenvalue weighted by Crippen LogP contribution is -2.47. The third-order valence-corrected chi connectivity index (χ3v) is 5.67. The molecule has 26 heavy (non-hydrogen) atoms. The number of hydrogen-bond donors (Lipinski definition) is 1. The summed E-state index contributed by atoms with van der Waals surface area (Å²) in [5, 5.41) is 6.12. The molecule has 2 saturated heterocycles. The van der Waals surface area contributed by atoms with Crippen LogP contribution in [-0.2, 0) is 9.53 Å². The van der Waals surface area contributed by atoms with Gasteiger partial charge in [0.05, 0.1) is 12.5 Å². The van der Waals surface area contributed by atoms with Gasteiger partial charge in [-0.25, -0.2) is 5.10 Å². The summed E-state index contributed by atoms with van der Waals surface area (Å²) in [6.45, 7) is 7.55. The zero-order chi connectivity index (χ0) is 18.7. The van der Waals surface area contributed by atoms with E-state index in [2.05, 4.69) is 10.2 Å². The molecule has 1 aromatic rings. The van der Waals surface area contributed by atoms with Gasteiger partial charge in [-0.3, -0.25) is 14.4 Å². The number of likely N-dealkylation sites (tertiary alicyclic amines) is 2. The molecule has 2 amide bonds. The van der Waals surface area contributed by atoms with Crippen LogP contribution in [0.25, 0.3) is 0 Å². The quantitative estimate of drug-likeness (QED) is 0.823. The molecule has 8 heteroatoms. The Morgan fingerprint density at radius 3 is 2.62 bits per heavy atom. The largest absolute Gasteiger partial charge is 0.381 e. The second-order valence-corrected chi connectivity index (χ2v) is 7.03. The molecule has 0 bridgehead atoms. The number of rotatable bonds is 5. The first-order valence-corrected chi connectivity index (χ1v) is 9.22. The monoisotopic (exact) mass is 362 g/mol. The van der Waals surface area contributed by atoms with Gasteiger partial charge in [0, 0.05) is 44.3 Å². The number of aromatic nitrogens is 2. The summed E-state index contributed by atoms with van der Waals surface area (Å²) in [5.41, 5.74) is -0.219. The number of nitrogens with one attached hydrogen (secondary N) is 1.